The number of phenols is 1. The minimum Gasteiger partial charge on any atom is -0.507 e. The lowest BCUT2D eigenvalue weighted by Crippen LogP contribution is -1.87. The van der Waals surface area contributed by atoms with E-state index in [9.17, 15) is 9.90 Å². The number of aromatic hydroxyl groups is 1. The summed E-state index contributed by atoms with van der Waals surface area (Å²) in [6.07, 6.45) is 1.21. The van der Waals surface area contributed by atoms with Crippen LogP contribution in [0.25, 0.3) is 0 Å². The van der Waals surface area contributed by atoms with Gasteiger partial charge in [-0.05, 0) is 6.07 Å². The van der Waals surface area contributed by atoms with E-state index in [-0.39, 0.29) is 5.75 Å². The molecule has 0 unspecified atom stereocenters. The summed E-state index contributed by atoms with van der Waals surface area (Å²) >= 11 is 5.45. The first-order valence-electron chi connectivity index (χ1n) is 4.11. The van der Waals surface area contributed by atoms with Gasteiger partial charge in [-0.15, -0.1) is 11.6 Å². The molecule has 14 heavy (non-hydrogen) atoms. The Balaban J connectivity index is 3.06. The van der Waals surface area contributed by atoms with Crippen molar-refractivity contribution in [3.63, 3.8) is 0 Å². The van der Waals surface area contributed by atoms with Gasteiger partial charge in [0.15, 0.2) is 6.29 Å². The van der Waals surface area contributed by atoms with Gasteiger partial charge in [-0.2, -0.15) is 0 Å². The lowest BCUT2D eigenvalue weighted by molar-refractivity contribution is 0.112. The fourth-order valence-corrected chi connectivity index (χ4v) is 1.08. The van der Waals surface area contributed by atoms with Gasteiger partial charge in [0.1, 0.15) is 5.75 Å². The molecule has 0 amide bonds. The Kier molecular flexibility index (Phi) is 4.03. The van der Waals surface area contributed by atoms with Crippen LogP contribution in [-0.2, 0) is 0 Å². The van der Waals surface area contributed by atoms with E-state index in [0.717, 1.165) is 0 Å². The molecule has 0 aliphatic carbocycles. The van der Waals surface area contributed by atoms with Gasteiger partial charge in [-0.1, -0.05) is 24.0 Å². The van der Waals surface area contributed by atoms with Crippen LogP contribution in [0, 0.1) is 11.8 Å². The molecule has 0 saturated heterocycles. The maximum atomic E-state index is 10.6. The Bertz CT molecular complexity index is 388. The van der Waals surface area contributed by atoms with Gasteiger partial charge in [0, 0.05) is 17.9 Å². The average molecular weight is 209 g/mol. The molecule has 0 aromatic heterocycles. The summed E-state index contributed by atoms with van der Waals surface area (Å²) in [5, 5.41) is 9.43. The number of alkyl halides is 1. The molecule has 0 fully saturated rings. The van der Waals surface area contributed by atoms with Crippen LogP contribution in [0.15, 0.2) is 18.2 Å². The van der Waals surface area contributed by atoms with Crippen molar-refractivity contribution in [1.82, 2.24) is 0 Å². The second kappa shape index (κ2) is 5.31. The highest BCUT2D eigenvalue weighted by Crippen LogP contribution is 2.18. The van der Waals surface area contributed by atoms with Crippen LogP contribution < -0.4 is 0 Å². The number of carbonyl (C=O) groups excluding carboxylic acids is 1. The first-order chi connectivity index (χ1) is 6.79. The fourth-order valence-electron chi connectivity index (χ4n) is 0.990. The second-order valence-corrected chi connectivity index (χ2v) is 2.98. The first-order valence-corrected chi connectivity index (χ1v) is 4.65. The van der Waals surface area contributed by atoms with Crippen LogP contribution in [-0.4, -0.2) is 17.3 Å². The molecule has 0 radical (unpaired) electrons. The van der Waals surface area contributed by atoms with E-state index in [1.165, 1.54) is 6.07 Å². The number of rotatable bonds is 2. The van der Waals surface area contributed by atoms with Crippen LogP contribution in [0.2, 0.25) is 0 Å². The van der Waals surface area contributed by atoms with Crippen LogP contribution >= 0.6 is 11.6 Å². The van der Waals surface area contributed by atoms with Gasteiger partial charge in [0.05, 0.1) is 5.56 Å². The normalized spacial score (nSPS) is 8.93. The van der Waals surface area contributed by atoms with Crippen molar-refractivity contribution in [2.24, 2.45) is 0 Å². The highest BCUT2D eigenvalue weighted by Gasteiger charge is 2.02. The average Bonchev–Trinajstić information content (AvgIpc) is 2.20. The van der Waals surface area contributed by atoms with Gasteiger partial charge >= 0.3 is 0 Å². The third kappa shape index (κ3) is 2.51. The zero-order valence-electron chi connectivity index (χ0n) is 7.46. The van der Waals surface area contributed by atoms with E-state index in [4.69, 9.17) is 11.6 Å². The lowest BCUT2D eigenvalue weighted by atomic mass is 10.1. The number of hydrogen-bond acceptors (Lipinski definition) is 2. The van der Waals surface area contributed by atoms with Gasteiger partial charge in [-0.3, -0.25) is 4.79 Å². The largest absolute Gasteiger partial charge is 0.507 e. The summed E-state index contributed by atoms with van der Waals surface area (Å²) in [6, 6.07) is 4.71. The number of halogens is 1. The van der Waals surface area contributed by atoms with E-state index >= 15 is 0 Å². The summed E-state index contributed by atoms with van der Waals surface area (Å²) in [4.78, 5) is 10.6. The number of benzene rings is 1. The molecule has 0 atom stereocenters. The van der Waals surface area contributed by atoms with Crippen molar-refractivity contribution in [1.29, 1.82) is 0 Å². The molecule has 0 heterocycles. The SMILES string of the molecule is O=Cc1cccc(O)c1C#CCCCl. The summed E-state index contributed by atoms with van der Waals surface area (Å²) in [6.45, 7) is 0. The Morgan fingerprint density at radius 1 is 1.50 bits per heavy atom. The van der Waals surface area contributed by atoms with Crippen molar-refractivity contribution < 1.29 is 9.90 Å². The Hall–Kier alpha value is -1.46. The van der Waals surface area contributed by atoms with Crippen molar-refractivity contribution in [2.45, 2.75) is 6.42 Å². The van der Waals surface area contributed by atoms with Crippen LogP contribution in [0.4, 0.5) is 0 Å². The summed E-state index contributed by atoms with van der Waals surface area (Å²) < 4.78 is 0. The smallest absolute Gasteiger partial charge is 0.151 e. The molecule has 1 rings (SSSR count). The highest BCUT2D eigenvalue weighted by atomic mass is 35.5. The molecule has 72 valence electrons. The Morgan fingerprint density at radius 3 is 2.93 bits per heavy atom. The van der Waals surface area contributed by atoms with Crippen LogP contribution in [0.5, 0.6) is 5.75 Å². The third-order valence-corrected chi connectivity index (χ3v) is 1.82. The maximum Gasteiger partial charge on any atom is 0.151 e. The highest BCUT2D eigenvalue weighted by molar-refractivity contribution is 6.18. The minimum absolute atomic E-state index is 0.0247. The molecule has 1 aromatic carbocycles. The van der Waals surface area contributed by atoms with E-state index in [1.807, 2.05) is 0 Å². The number of hydrogen-bond donors (Lipinski definition) is 1. The Labute approximate surface area is 87.5 Å². The number of carbonyl (C=O) groups is 1. The predicted octanol–water partition coefficient (Wildman–Crippen LogP) is 2.19. The summed E-state index contributed by atoms with van der Waals surface area (Å²) in [5.74, 6) is 5.95. The zero-order chi connectivity index (χ0) is 10.4. The molecule has 2 nitrogen and oxygen atoms in total. The van der Waals surface area contributed by atoms with Gasteiger partial charge in [0.25, 0.3) is 0 Å². The zero-order valence-corrected chi connectivity index (χ0v) is 8.21. The molecule has 1 aromatic rings. The first kappa shape index (κ1) is 10.6. The standard InChI is InChI=1S/C11H9ClO2/c12-7-2-1-5-10-9(8-13)4-3-6-11(10)14/h3-4,6,8,14H,2,7H2. The second-order valence-electron chi connectivity index (χ2n) is 2.60. The summed E-state index contributed by atoms with van der Waals surface area (Å²) in [7, 11) is 0. The van der Waals surface area contributed by atoms with Crippen LogP contribution in [0.3, 0.4) is 0 Å². The van der Waals surface area contributed by atoms with Crippen LogP contribution in [0.1, 0.15) is 22.3 Å². The molecule has 0 spiro atoms. The van der Waals surface area contributed by atoms with Crippen molar-refractivity contribution >= 4 is 17.9 Å². The molecule has 3 heteroatoms. The van der Waals surface area contributed by atoms with Gasteiger partial charge in [-0.25, -0.2) is 0 Å². The summed E-state index contributed by atoms with van der Waals surface area (Å²) in [5.41, 5.74) is 0.764. The van der Waals surface area contributed by atoms with E-state index in [2.05, 4.69) is 11.8 Å². The van der Waals surface area contributed by atoms with Gasteiger partial charge in [0.2, 0.25) is 0 Å². The third-order valence-electron chi connectivity index (χ3n) is 1.63. The number of phenolic OH excluding ortho intramolecular Hbond substituents is 1. The lowest BCUT2D eigenvalue weighted by Gasteiger charge is -1.98. The van der Waals surface area contributed by atoms with Gasteiger partial charge < -0.3 is 5.11 Å². The topological polar surface area (TPSA) is 37.3 Å². The molecule has 0 bridgehead atoms. The monoisotopic (exact) mass is 208 g/mol. The van der Waals surface area contributed by atoms with E-state index in [1.54, 1.807) is 12.1 Å². The van der Waals surface area contributed by atoms with Crippen molar-refractivity contribution in [3.05, 3.63) is 29.3 Å². The number of aldehydes is 1. The van der Waals surface area contributed by atoms with E-state index < -0.39 is 0 Å². The maximum absolute atomic E-state index is 10.6. The Morgan fingerprint density at radius 2 is 2.29 bits per heavy atom. The molecule has 0 saturated carbocycles. The fraction of sp³-hybridized carbons (Fsp3) is 0.182. The quantitative estimate of drug-likeness (QED) is 0.460. The molecule has 0 aliphatic heterocycles. The molecular formula is C11H9ClO2. The molecule has 1 N–H and O–H groups in total. The van der Waals surface area contributed by atoms with Crippen molar-refractivity contribution in [3.8, 4) is 17.6 Å². The molecular weight excluding hydrogens is 200 g/mol. The van der Waals surface area contributed by atoms with E-state index in [0.29, 0.717) is 29.7 Å². The minimum atomic E-state index is 0.0247. The molecule has 0 aliphatic rings. The predicted molar refractivity (Wildman–Crippen MR) is 55.7 cm³/mol. The van der Waals surface area contributed by atoms with Crippen molar-refractivity contribution in [2.75, 3.05) is 5.88 Å².